The van der Waals surface area contributed by atoms with Crippen LogP contribution in [0.4, 0.5) is 22.7 Å². The first kappa shape index (κ1) is 23.0. The number of allylic oxidation sites excluding steroid dienone is 3. The first-order valence-corrected chi connectivity index (χ1v) is 10.9. The fourth-order valence-electron chi connectivity index (χ4n) is 3.55. The average molecular weight is 458 g/mol. The molecule has 0 fully saturated rings. The first-order valence-electron chi connectivity index (χ1n) is 10.9. The van der Waals surface area contributed by atoms with Crippen molar-refractivity contribution in [2.45, 2.75) is 0 Å². The topological polar surface area (TPSA) is 89.8 Å². The fourth-order valence-corrected chi connectivity index (χ4v) is 3.55. The summed E-state index contributed by atoms with van der Waals surface area (Å²) in [4.78, 5) is 17.3. The Morgan fingerprint density at radius 1 is 0.914 bits per heavy atom. The van der Waals surface area contributed by atoms with Crippen molar-refractivity contribution in [1.82, 2.24) is 4.98 Å². The summed E-state index contributed by atoms with van der Waals surface area (Å²) in [5.74, 6) is -0.234. The van der Waals surface area contributed by atoms with Gasteiger partial charge in [-0.3, -0.25) is 9.78 Å². The van der Waals surface area contributed by atoms with Gasteiger partial charge in [0.15, 0.2) is 0 Å². The lowest BCUT2D eigenvalue weighted by atomic mass is 10.1. The van der Waals surface area contributed by atoms with Crippen LogP contribution in [0.15, 0.2) is 116 Å². The maximum Gasteiger partial charge on any atom is 0.255 e. The van der Waals surface area contributed by atoms with E-state index in [2.05, 4.69) is 40.2 Å². The largest absolute Gasteiger partial charge is 0.355 e. The van der Waals surface area contributed by atoms with E-state index < -0.39 is 0 Å². The van der Waals surface area contributed by atoms with Crippen LogP contribution >= 0.6 is 0 Å². The molecule has 4 aromatic rings. The molecular formula is C29H23N5O. The smallest absolute Gasteiger partial charge is 0.255 e. The van der Waals surface area contributed by atoms with Gasteiger partial charge in [0, 0.05) is 45.6 Å². The number of benzene rings is 3. The normalized spacial score (nSPS) is 10.8. The van der Waals surface area contributed by atoms with Gasteiger partial charge in [0.2, 0.25) is 0 Å². The number of anilines is 4. The van der Waals surface area contributed by atoms with Crippen molar-refractivity contribution in [3.05, 3.63) is 127 Å². The highest BCUT2D eigenvalue weighted by Crippen LogP contribution is 2.27. The first-order chi connectivity index (χ1) is 17.1. The molecule has 0 atom stereocenters. The summed E-state index contributed by atoms with van der Waals surface area (Å²) in [6.07, 6.45) is 6.88. The van der Waals surface area contributed by atoms with Gasteiger partial charge in [-0.25, -0.2) is 0 Å². The van der Waals surface area contributed by atoms with E-state index in [0.717, 1.165) is 33.7 Å². The molecule has 1 amide bonds. The second-order valence-electron chi connectivity index (χ2n) is 7.63. The van der Waals surface area contributed by atoms with Gasteiger partial charge >= 0.3 is 0 Å². The molecule has 0 aliphatic rings. The number of carbonyl (C=O) groups is 1. The van der Waals surface area contributed by atoms with Crippen molar-refractivity contribution >= 4 is 39.6 Å². The lowest BCUT2D eigenvalue weighted by Crippen LogP contribution is -2.12. The van der Waals surface area contributed by atoms with Crippen LogP contribution in [0.5, 0.6) is 0 Å². The predicted octanol–water partition coefficient (Wildman–Crippen LogP) is 6.77. The molecule has 0 unspecified atom stereocenters. The maximum atomic E-state index is 13.0. The summed E-state index contributed by atoms with van der Waals surface area (Å²) in [5, 5.41) is 19.6. The van der Waals surface area contributed by atoms with Gasteiger partial charge in [-0.05, 0) is 72.8 Å². The quantitative estimate of drug-likeness (QED) is 0.254. The number of aromatic nitrogens is 1. The van der Waals surface area contributed by atoms with E-state index in [1.54, 1.807) is 42.6 Å². The molecule has 3 N–H and O–H groups in total. The number of hydrogen-bond donors (Lipinski definition) is 3. The van der Waals surface area contributed by atoms with Crippen LogP contribution in [0.25, 0.3) is 10.9 Å². The molecule has 6 nitrogen and oxygen atoms in total. The molecule has 0 aliphatic carbocycles. The molecule has 0 spiro atoms. The summed E-state index contributed by atoms with van der Waals surface area (Å²) in [5.41, 5.74) is 5.65. The minimum absolute atomic E-state index is 0.234. The Labute approximate surface area is 204 Å². The van der Waals surface area contributed by atoms with Crippen molar-refractivity contribution in [3.63, 3.8) is 0 Å². The van der Waals surface area contributed by atoms with Crippen LogP contribution in [0.1, 0.15) is 15.9 Å². The monoisotopic (exact) mass is 457 g/mol. The average Bonchev–Trinajstić information content (AvgIpc) is 2.88. The molecule has 0 radical (unpaired) electrons. The molecule has 1 aromatic heterocycles. The number of nitriles is 1. The summed E-state index contributed by atoms with van der Waals surface area (Å²) in [6, 6.07) is 24.0. The molecule has 0 bridgehead atoms. The van der Waals surface area contributed by atoms with Crippen LogP contribution in [0, 0.1) is 11.3 Å². The second kappa shape index (κ2) is 10.6. The highest BCUT2D eigenvalue weighted by molar-refractivity contribution is 6.05. The standard InChI is InChI=1S/C29H23N5O/c1-3-7-22(4-2)32-24-10-6-11-25(18-24)34-29(35)21-8-5-9-23(17-21)33-28-14-15-31-27-13-12-20(19-30)16-26(27)28/h3-18,32H,1-2H2,(H,31,33)(H,34,35)/b22-7+. The molecule has 3 aromatic carbocycles. The lowest BCUT2D eigenvalue weighted by molar-refractivity contribution is 0.102. The van der Waals surface area contributed by atoms with E-state index in [4.69, 9.17) is 0 Å². The molecule has 35 heavy (non-hydrogen) atoms. The molecule has 1 heterocycles. The molecule has 0 saturated heterocycles. The van der Waals surface area contributed by atoms with Crippen LogP contribution in [0.2, 0.25) is 0 Å². The third-order valence-electron chi connectivity index (χ3n) is 5.20. The number of hydrogen-bond acceptors (Lipinski definition) is 5. The SMILES string of the molecule is C=C/C=C(\C=C)Nc1cccc(NC(=O)c2cccc(Nc3ccnc4ccc(C#N)cc34)c2)c1. The highest BCUT2D eigenvalue weighted by atomic mass is 16.1. The van der Waals surface area contributed by atoms with Crippen molar-refractivity contribution < 1.29 is 4.79 Å². The number of carbonyl (C=O) groups excluding carboxylic acids is 1. The van der Waals surface area contributed by atoms with E-state index in [0.29, 0.717) is 16.8 Å². The number of pyridine rings is 1. The number of nitrogens with one attached hydrogen (secondary N) is 3. The Hall–Kier alpha value is -5.15. The molecular weight excluding hydrogens is 434 g/mol. The van der Waals surface area contributed by atoms with Crippen molar-refractivity contribution in [2.75, 3.05) is 16.0 Å². The zero-order chi connectivity index (χ0) is 24.6. The fraction of sp³-hybridized carbons (Fsp3) is 0. The van der Waals surface area contributed by atoms with Crippen LogP contribution in [-0.2, 0) is 0 Å². The Kier molecular flexibility index (Phi) is 7.00. The van der Waals surface area contributed by atoms with Crippen molar-refractivity contribution in [3.8, 4) is 6.07 Å². The van der Waals surface area contributed by atoms with Crippen LogP contribution < -0.4 is 16.0 Å². The highest BCUT2D eigenvalue weighted by Gasteiger charge is 2.09. The Morgan fingerprint density at radius 3 is 2.46 bits per heavy atom. The van der Waals surface area contributed by atoms with Gasteiger partial charge in [0.25, 0.3) is 5.91 Å². The van der Waals surface area contributed by atoms with E-state index in [1.165, 1.54) is 0 Å². The Balaban J connectivity index is 1.53. The zero-order valence-electron chi connectivity index (χ0n) is 19.0. The van der Waals surface area contributed by atoms with Crippen LogP contribution in [0.3, 0.4) is 0 Å². The van der Waals surface area contributed by atoms with Gasteiger partial charge < -0.3 is 16.0 Å². The van der Waals surface area contributed by atoms with Gasteiger partial charge in [-0.1, -0.05) is 31.4 Å². The summed E-state index contributed by atoms with van der Waals surface area (Å²) in [6.45, 7) is 7.47. The van der Waals surface area contributed by atoms with E-state index >= 15 is 0 Å². The van der Waals surface area contributed by atoms with Crippen LogP contribution in [-0.4, -0.2) is 10.9 Å². The lowest BCUT2D eigenvalue weighted by Gasteiger charge is -2.12. The van der Waals surface area contributed by atoms with E-state index in [1.807, 2.05) is 54.6 Å². The van der Waals surface area contributed by atoms with Crippen molar-refractivity contribution in [2.24, 2.45) is 0 Å². The third kappa shape index (κ3) is 5.62. The summed E-state index contributed by atoms with van der Waals surface area (Å²) >= 11 is 0. The zero-order valence-corrected chi connectivity index (χ0v) is 19.0. The second-order valence-corrected chi connectivity index (χ2v) is 7.63. The molecule has 0 saturated carbocycles. The van der Waals surface area contributed by atoms with Gasteiger partial charge in [-0.15, -0.1) is 0 Å². The molecule has 4 rings (SSSR count). The molecule has 6 heteroatoms. The molecule has 170 valence electrons. The molecule has 0 aliphatic heterocycles. The Morgan fingerprint density at radius 2 is 1.69 bits per heavy atom. The third-order valence-corrected chi connectivity index (χ3v) is 5.20. The summed E-state index contributed by atoms with van der Waals surface area (Å²) < 4.78 is 0. The number of amides is 1. The number of nitrogens with zero attached hydrogens (tertiary/aromatic N) is 2. The van der Waals surface area contributed by atoms with Gasteiger partial charge in [0.1, 0.15) is 0 Å². The number of rotatable bonds is 8. The van der Waals surface area contributed by atoms with Crippen molar-refractivity contribution in [1.29, 1.82) is 5.26 Å². The van der Waals surface area contributed by atoms with Gasteiger partial charge in [-0.2, -0.15) is 5.26 Å². The minimum atomic E-state index is -0.234. The summed E-state index contributed by atoms with van der Waals surface area (Å²) in [7, 11) is 0. The number of fused-ring (bicyclic) bond motifs is 1. The Bertz CT molecular complexity index is 1500. The maximum absolute atomic E-state index is 13.0. The minimum Gasteiger partial charge on any atom is -0.355 e. The predicted molar refractivity (Wildman–Crippen MR) is 143 cm³/mol. The van der Waals surface area contributed by atoms with E-state index in [-0.39, 0.29) is 5.91 Å². The van der Waals surface area contributed by atoms with E-state index in [9.17, 15) is 10.1 Å². The van der Waals surface area contributed by atoms with Gasteiger partial charge in [0.05, 0.1) is 17.1 Å².